The Morgan fingerprint density at radius 2 is 2.06 bits per heavy atom. The SMILES string of the molecule is CNC(CN1CCC(COC)C1)C1CCCC1. The fourth-order valence-corrected chi connectivity index (χ4v) is 3.56. The Labute approximate surface area is 106 Å². The van der Waals surface area contributed by atoms with Crippen LogP contribution in [0.2, 0.25) is 0 Å². The lowest BCUT2D eigenvalue weighted by Crippen LogP contribution is -2.42. The maximum absolute atomic E-state index is 5.26. The molecule has 2 aliphatic rings. The van der Waals surface area contributed by atoms with Gasteiger partial charge in [0.1, 0.15) is 0 Å². The normalized spacial score (nSPS) is 28.9. The van der Waals surface area contributed by atoms with Crippen LogP contribution in [0.1, 0.15) is 32.1 Å². The highest BCUT2D eigenvalue weighted by Crippen LogP contribution is 2.28. The fraction of sp³-hybridized carbons (Fsp3) is 1.00. The summed E-state index contributed by atoms with van der Waals surface area (Å²) in [5, 5.41) is 3.54. The van der Waals surface area contributed by atoms with Gasteiger partial charge in [-0.1, -0.05) is 12.8 Å². The molecular weight excluding hydrogens is 212 g/mol. The third-order valence-electron chi connectivity index (χ3n) is 4.57. The summed E-state index contributed by atoms with van der Waals surface area (Å²) in [5.41, 5.74) is 0. The molecule has 1 aliphatic heterocycles. The minimum absolute atomic E-state index is 0.707. The van der Waals surface area contributed by atoms with Gasteiger partial charge in [0.15, 0.2) is 0 Å². The summed E-state index contributed by atoms with van der Waals surface area (Å²) < 4.78 is 5.26. The van der Waals surface area contributed by atoms with Gasteiger partial charge in [-0.05, 0) is 44.7 Å². The molecule has 2 atom stereocenters. The van der Waals surface area contributed by atoms with Gasteiger partial charge in [0, 0.05) is 26.2 Å². The van der Waals surface area contributed by atoms with Crippen LogP contribution < -0.4 is 5.32 Å². The molecule has 0 radical (unpaired) electrons. The minimum atomic E-state index is 0.707. The Kier molecular flexibility index (Phi) is 5.26. The quantitative estimate of drug-likeness (QED) is 0.765. The van der Waals surface area contributed by atoms with Crippen molar-refractivity contribution in [3.8, 4) is 0 Å². The van der Waals surface area contributed by atoms with Crippen LogP contribution in [0.15, 0.2) is 0 Å². The van der Waals surface area contributed by atoms with E-state index in [1.54, 1.807) is 0 Å². The van der Waals surface area contributed by atoms with Gasteiger partial charge in [-0.15, -0.1) is 0 Å². The predicted molar refractivity (Wildman–Crippen MR) is 71.2 cm³/mol. The predicted octanol–water partition coefficient (Wildman–Crippen LogP) is 1.73. The van der Waals surface area contributed by atoms with Gasteiger partial charge < -0.3 is 15.0 Å². The average Bonchev–Trinajstić information content (AvgIpc) is 2.97. The molecule has 1 saturated heterocycles. The van der Waals surface area contributed by atoms with Gasteiger partial charge in [-0.3, -0.25) is 0 Å². The van der Waals surface area contributed by atoms with E-state index in [4.69, 9.17) is 4.74 Å². The topological polar surface area (TPSA) is 24.5 Å². The van der Waals surface area contributed by atoms with Crippen molar-refractivity contribution in [1.29, 1.82) is 0 Å². The van der Waals surface area contributed by atoms with Gasteiger partial charge in [0.2, 0.25) is 0 Å². The summed E-state index contributed by atoms with van der Waals surface area (Å²) in [7, 11) is 3.95. The summed E-state index contributed by atoms with van der Waals surface area (Å²) in [4.78, 5) is 2.63. The van der Waals surface area contributed by atoms with Gasteiger partial charge >= 0.3 is 0 Å². The molecule has 1 saturated carbocycles. The summed E-state index contributed by atoms with van der Waals surface area (Å²) in [6.07, 6.45) is 7.06. The van der Waals surface area contributed by atoms with E-state index >= 15 is 0 Å². The van der Waals surface area contributed by atoms with E-state index in [2.05, 4.69) is 17.3 Å². The van der Waals surface area contributed by atoms with E-state index in [1.807, 2.05) is 7.11 Å². The standard InChI is InChI=1S/C14H28N2O/c1-15-14(13-5-3-4-6-13)10-16-8-7-12(9-16)11-17-2/h12-15H,3-11H2,1-2H3. The zero-order valence-electron chi connectivity index (χ0n) is 11.5. The van der Waals surface area contributed by atoms with E-state index in [1.165, 1.54) is 51.7 Å². The van der Waals surface area contributed by atoms with Crippen LogP contribution in [-0.4, -0.2) is 51.3 Å². The van der Waals surface area contributed by atoms with Crippen LogP contribution in [0.4, 0.5) is 0 Å². The second-order valence-electron chi connectivity index (χ2n) is 5.81. The molecule has 1 heterocycles. The first-order chi connectivity index (χ1) is 8.33. The number of hydrogen-bond acceptors (Lipinski definition) is 3. The number of likely N-dealkylation sites (N-methyl/N-ethyl adjacent to an activating group) is 1. The minimum Gasteiger partial charge on any atom is -0.384 e. The highest BCUT2D eigenvalue weighted by molar-refractivity contribution is 4.85. The molecule has 0 aromatic rings. The van der Waals surface area contributed by atoms with Crippen LogP contribution in [0, 0.1) is 11.8 Å². The van der Waals surface area contributed by atoms with Crippen LogP contribution in [0.25, 0.3) is 0 Å². The monoisotopic (exact) mass is 240 g/mol. The van der Waals surface area contributed by atoms with E-state index in [9.17, 15) is 0 Å². The van der Waals surface area contributed by atoms with Crippen LogP contribution in [0.3, 0.4) is 0 Å². The Bertz CT molecular complexity index is 216. The Morgan fingerprint density at radius 1 is 1.29 bits per heavy atom. The molecule has 1 N–H and O–H groups in total. The summed E-state index contributed by atoms with van der Waals surface area (Å²) in [6, 6.07) is 0.707. The molecule has 3 nitrogen and oxygen atoms in total. The Balaban J connectivity index is 1.75. The summed E-state index contributed by atoms with van der Waals surface area (Å²) in [6.45, 7) is 4.67. The lowest BCUT2D eigenvalue weighted by atomic mass is 9.98. The molecule has 1 aliphatic carbocycles. The van der Waals surface area contributed by atoms with E-state index in [0.717, 1.165) is 18.4 Å². The van der Waals surface area contributed by atoms with Crippen molar-refractivity contribution in [3.63, 3.8) is 0 Å². The van der Waals surface area contributed by atoms with Gasteiger partial charge in [0.05, 0.1) is 6.61 Å². The number of methoxy groups -OCH3 is 1. The van der Waals surface area contributed by atoms with Crippen molar-refractivity contribution >= 4 is 0 Å². The van der Waals surface area contributed by atoms with Crippen molar-refractivity contribution in [2.45, 2.75) is 38.1 Å². The second-order valence-corrected chi connectivity index (χ2v) is 5.81. The number of nitrogens with one attached hydrogen (secondary N) is 1. The molecule has 17 heavy (non-hydrogen) atoms. The zero-order chi connectivity index (χ0) is 12.1. The van der Waals surface area contributed by atoms with Crippen molar-refractivity contribution in [1.82, 2.24) is 10.2 Å². The number of likely N-dealkylation sites (tertiary alicyclic amines) is 1. The van der Waals surface area contributed by atoms with E-state index in [-0.39, 0.29) is 0 Å². The molecule has 100 valence electrons. The molecule has 0 bridgehead atoms. The molecular formula is C14H28N2O. The number of rotatable bonds is 6. The van der Waals surface area contributed by atoms with Crippen LogP contribution in [0.5, 0.6) is 0 Å². The van der Waals surface area contributed by atoms with E-state index in [0.29, 0.717) is 6.04 Å². The molecule has 0 spiro atoms. The smallest absolute Gasteiger partial charge is 0.0503 e. The Morgan fingerprint density at radius 3 is 2.71 bits per heavy atom. The first kappa shape index (κ1) is 13.3. The maximum atomic E-state index is 5.26. The van der Waals surface area contributed by atoms with Gasteiger partial charge in [-0.2, -0.15) is 0 Å². The molecule has 2 fully saturated rings. The number of nitrogens with zero attached hydrogens (tertiary/aromatic N) is 1. The van der Waals surface area contributed by atoms with E-state index < -0.39 is 0 Å². The largest absolute Gasteiger partial charge is 0.384 e. The van der Waals surface area contributed by atoms with Crippen molar-refractivity contribution in [3.05, 3.63) is 0 Å². The van der Waals surface area contributed by atoms with Gasteiger partial charge in [0.25, 0.3) is 0 Å². The summed E-state index contributed by atoms with van der Waals surface area (Å²) in [5.74, 6) is 1.68. The van der Waals surface area contributed by atoms with Crippen molar-refractivity contribution in [2.75, 3.05) is 40.4 Å². The molecule has 0 aromatic heterocycles. The number of ether oxygens (including phenoxy) is 1. The van der Waals surface area contributed by atoms with Gasteiger partial charge in [-0.25, -0.2) is 0 Å². The lowest BCUT2D eigenvalue weighted by Gasteiger charge is -2.28. The first-order valence-electron chi connectivity index (χ1n) is 7.22. The first-order valence-corrected chi connectivity index (χ1v) is 7.22. The molecule has 2 unspecified atom stereocenters. The lowest BCUT2D eigenvalue weighted by molar-refractivity contribution is 0.150. The maximum Gasteiger partial charge on any atom is 0.0503 e. The third-order valence-corrected chi connectivity index (χ3v) is 4.57. The number of hydrogen-bond donors (Lipinski definition) is 1. The van der Waals surface area contributed by atoms with Crippen molar-refractivity contribution < 1.29 is 4.74 Å². The average molecular weight is 240 g/mol. The third kappa shape index (κ3) is 3.67. The molecule has 3 heteroatoms. The Hall–Kier alpha value is -0.120. The second kappa shape index (κ2) is 6.72. The molecule has 0 amide bonds. The highest BCUT2D eigenvalue weighted by Gasteiger charge is 2.28. The zero-order valence-corrected chi connectivity index (χ0v) is 11.5. The molecule has 0 aromatic carbocycles. The van der Waals surface area contributed by atoms with Crippen LogP contribution in [-0.2, 0) is 4.74 Å². The fourth-order valence-electron chi connectivity index (χ4n) is 3.56. The van der Waals surface area contributed by atoms with Crippen molar-refractivity contribution in [2.24, 2.45) is 11.8 Å². The highest BCUT2D eigenvalue weighted by atomic mass is 16.5. The van der Waals surface area contributed by atoms with Crippen LogP contribution >= 0.6 is 0 Å². The molecule has 2 rings (SSSR count). The summed E-state index contributed by atoms with van der Waals surface area (Å²) >= 11 is 0.